The van der Waals surface area contributed by atoms with Crippen LogP contribution in [0.25, 0.3) is 0 Å². The van der Waals surface area contributed by atoms with Gasteiger partial charge in [0, 0.05) is 18.0 Å². The minimum Gasteiger partial charge on any atom is -0.457 e. The van der Waals surface area contributed by atoms with Crippen LogP contribution in [0.3, 0.4) is 0 Å². The normalized spacial score (nSPS) is 10.2. The van der Waals surface area contributed by atoms with Crippen LogP contribution in [0.4, 0.5) is 0 Å². The molecule has 98 valence electrons. The van der Waals surface area contributed by atoms with Crippen LogP contribution in [-0.4, -0.2) is 10.5 Å². The lowest BCUT2D eigenvalue weighted by atomic mass is 10.2. The Bertz CT molecular complexity index is 686. The second-order valence-electron chi connectivity index (χ2n) is 4.33. The summed E-state index contributed by atoms with van der Waals surface area (Å²) in [4.78, 5) is 12.1. The van der Waals surface area contributed by atoms with Crippen LogP contribution in [0.15, 0.2) is 79.1 Å². The van der Waals surface area contributed by atoms with Crippen molar-refractivity contribution in [3.05, 3.63) is 84.7 Å². The number of carbonyl (C=O) groups excluding carboxylic acids is 1. The van der Waals surface area contributed by atoms with Gasteiger partial charge in [-0.3, -0.25) is 9.36 Å². The van der Waals surface area contributed by atoms with Gasteiger partial charge in [0.05, 0.1) is 0 Å². The largest absolute Gasteiger partial charge is 0.457 e. The molecule has 0 aliphatic carbocycles. The first kappa shape index (κ1) is 12.2. The number of aromatic nitrogens is 1. The van der Waals surface area contributed by atoms with E-state index in [0.717, 1.165) is 5.75 Å². The molecule has 0 bridgehead atoms. The van der Waals surface area contributed by atoms with Gasteiger partial charge in [-0.2, -0.15) is 0 Å². The molecule has 0 amide bonds. The minimum atomic E-state index is -0.0544. The van der Waals surface area contributed by atoms with Gasteiger partial charge < -0.3 is 4.74 Å². The van der Waals surface area contributed by atoms with E-state index < -0.39 is 0 Å². The molecular weight excluding hydrogens is 250 g/mol. The van der Waals surface area contributed by atoms with E-state index >= 15 is 0 Å². The van der Waals surface area contributed by atoms with Gasteiger partial charge in [0.25, 0.3) is 5.91 Å². The maximum atomic E-state index is 12.1. The van der Waals surface area contributed by atoms with Gasteiger partial charge in [-0.25, -0.2) is 0 Å². The summed E-state index contributed by atoms with van der Waals surface area (Å²) in [6, 6.07) is 20.3. The van der Waals surface area contributed by atoms with E-state index in [9.17, 15) is 4.79 Å². The first-order chi connectivity index (χ1) is 9.83. The molecule has 1 heterocycles. The number of rotatable bonds is 3. The number of nitrogens with zero attached hydrogens (tertiary/aromatic N) is 1. The topological polar surface area (TPSA) is 31.2 Å². The van der Waals surface area contributed by atoms with Crippen LogP contribution in [0, 0.1) is 0 Å². The number of para-hydroxylation sites is 1. The van der Waals surface area contributed by atoms with Crippen LogP contribution in [0.2, 0.25) is 0 Å². The summed E-state index contributed by atoms with van der Waals surface area (Å²) in [5.74, 6) is 1.43. The van der Waals surface area contributed by atoms with Crippen molar-refractivity contribution in [3.8, 4) is 11.5 Å². The van der Waals surface area contributed by atoms with Gasteiger partial charge in [-0.15, -0.1) is 0 Å². The van der Waals surface area contributed by atoms with E-state index in [1.807, 2.05) is 42.5 Å². The summed E-state index contributed by atoms with van der Waals surface area (Å²) < 4.78 is 7.23. The van der Waals surface area contributed by atoms with E-state index in [0.29, 0.717) is 11.3 Å². The van der Waals surface area contributed by atoms with E-state index in [4.69, 9.17) is 4.74 Å². The molecule has 0 aliphatic heterocycles. The Labute approximate surface area is 117 Å². The van der Waals surface area contributed by atoms with Gasteiger partial charge in [-0.05, 0) is 48.5 Å². The number of hydrogen-bond donors (Lipinski definition) is 0. The van der Waals surface area contributed by atoms with Crippen LogP contribution >= 0.6 is 0 Å². The Morgan fingerprint density at radius 1 is 0.750 bits per heavy atom. The standard InChI is InChI=1S/C17H13NO2/c19-17(18-12-4-5-13-18)14-8-10-16(11-9-14)20-15-6-2-1-3-7-15/h1-13H. The third-order valence-electron chi connectivity index (χ3n) is 2.92. The molecule has 3 aromatic rings. The highest BCUT2D eigenvalue weighted by Gasteiger charge is 2.07. The second-order valence-corrected chi connectivity index (χ2v) is 4.33. The van der Waals surface area contributed by atoms with Crippen molar-refractivity contribution in [1.82, 2.24) is 4.57 Å². The highest BCUT2D eigenvalue weighted by atomic mass is 16.5. The van der Waals surface area contributed by atoms with Crippen LogP contribution < -0.4 is 4.74 Å². The van der Waals surface area contributed by atoms with E-state index in [1.54, 1.807) is 41.2 Å². The summed E-state index contributed by atoms with van der Waals surface area (Å²) in [6.07, 6.45) is 3.47. The molecule has 0 saturated heterocycles. The number of benzene rings is 2. The fraction of sp³-hybridized carbons (Fsp3) is 0. The maximum absolute atomic E-state index is 12.1. The summed E-state index contributed by atoms with van der Waals surface area (Å²) in [6.45, 7) is 0. The Morgan fingerprint density at radius 3 is 2.00 bits per heavy atom. The highest BCUT2D eigenvalue weighted by Crippen LogP contribution is 2.21. The Kier molecular flexibility index (Phi) is 3.33. The van der Waals surface area contributed by atoms with Gasteiger partial charge >= 0.3 is 0 Å². The number of carbonyl (C=O) groups is 1. The molecule has 0 N–H and O–H groups in total. The van der Waals surface area contributed by atoms with Crippen LogP contribution in [-0.2, 0) is 0 Å². The predicted octanol–water partition coefficient (Wildman–Crippen LogP) is 3.97. The van der Waals surface area contributed by atoms with Gasteiger partial charge in [0.2, 0.25) is 0 Å². The minimum absolute atomic E-state index is 0.0544. The Balaban J connectivity index is 1.76. The third kappa shape index (κ3) is 2.62. The van der Waals surface area contributed by atoms with Crippen molar-refractivity contribution in [2.75, 3.05) is 0 Å². The van der Waals surface area contributed by atoms with Crippen molar-refractivity contribution >= 4 is 5.91 Å². The summed E-state index contributed by atoms with van der Waals surface area (Å²) >= 11 is 0. The molecule has 3 rings (SSSR count). The van der Waals surface area contributed by atoms with E-state index in [1.165, 1.54) is 0 Å². The molecule has 0 aliphatic rings. The number of hydrogen-bond acceptors (Lipinski definition) is 2. The van der Waals surface area contributed by atoms with Crippen molar-refractivity contribution in [1.29, 1.82) is 0 Å². The van der Waals surface area contributed by atoms with Crippen LogP contribution in [0.5, 0.6) is 11.5 Å². The molecule has 20 heavy (non-hydrogen) atoms. The first-order valence-electron chi connectivity index (χ1n) is 6.33. The molecule has 3 nitrogen and oxygen atoms in total. The lowest BCUT2D eigenvalue weighted by molar-refractivity contribution is 0.0960. The van der Waals surface area contributed by atoms with Crippen molar-refractivity contribution in [2.45, 2.75) is 0 Å². The van der Waals surface area contributed by atoms with Crippen LogP contribution in [0.1, 0.15) is 10.4 Å². The predicted molar refractivity (Wildman–Crippen MR) is 77.1 cm³/mol. The monoisotopic (exact) mass is 263 g/mol. The van der Waals surface area contributed by atoms with Gasteiger partial charge in [0.15, 0.2) is 0 Å². The molecule has 2 aromatic carbocycles. The first-order valence-corrected chi connectivity index (χ1v) is 6.33. The molecule has 0 saturated carbocycles. The maximum Gasteiger partial charge on any atom is 0.261 e. The molecule has 0 fully saturated rings. The van der Waals surface area contributed by atoms with Crippen molar-refractivity contribution in [2.24, 2.45) is 0 Å². The summed E-state index contributed by atoms with van der Waals surface area (Å²) in [5, 5.41) is 0. The summed E-state index contributed by atoms with van der Waals surface area (Å²) in [7, 11) is 0. The lowest BCUT2D eigenvalue weighted by Gasteiger charge is -2.06. The van der Waals surface area contributed by atoms with Crippen molar-refractivity contribution in [3.63, 3.8) is 0 Å². The zero-order valence-corrected chi connectivity index (χ0v) is 10.8. The Morgan fingerprint density at radius 2 is 1.35 bits per heavy atom. The SMILES string of the molecule is O=C(c1ccc(Oc2ccccc2)cc1)n1cccc1. The highest BCUT2D eigenvalue weighted by molar-refractivity contribution is 5.96. The molecule has 0 atom stereocenters. The van der Waals surface area contributed by atoms with E-state index in [-0.39, 0.29) is 5.91 Å². The second kappa shape index (κ2) is 5.45. The molecule has 1 aromatic heterocycles. The lowest BCUT2D eigenvalue weighted by Crippen LogP contribution is -2.09. The smallest absolute Gasteiger partial charge is 0.261 e. The third-order valence-corrected chi connectivity index (χ3v) is 2.92. The Hall–Kier alpha value is -2.81. The number of ether oxygens (including phenoxy) is 1. The molecule has 0 radical (unpaired) electrons. The molecule has 3 heteroatoms. The summed E-state index contributed by atoms with van der Waals surface area (Å²) in [5.41, 5.74) is 0.626. The molecule has 0 unspecified atom stereocenters. The molecular formula is C17H13NO2. The molecule has 0 spiro atoms. The average molecular weight is 263 g/mol. The van der Waals surface area contributed by atoms with Crippen molar-refractivity contribution < 1.29 is 9.53 Å². The quantitative estimate of drug-likeness (QED) is 0.716. The fourth-order valence-corrected chi connectivity index (χ4v) is 1.91. The average Bonchev–Trinajstić information content (AvgIpc) is 3.03. The van der Waals surface area contributed by atoms with Gasteiger partial charge in [0.1, 0.15) is 11.5 Å². The zero-order chi connectivity index (χ0) is 13.8. The van der Waals surface area contributed by atoms with E-state index in [2.05, 4.69) is 0 Å². The fourth-order valence-electron chi connectivity index (χ4n) is 1.91. The zero-order valence-electron chi connectivity index (χ0n) is 10.8. The van der Waals surface area contributed by atoms with Gasteiger partial charge in [-0.1, -0.05) is 18.2 Å².